The van der Waals surface area contributed by atoms with Crippen LogP contribution in [0.1, 0.15) is 13.3 Å². The van der Waals surface area contributed by atoms with Crippen LogP contribution in [0.4, 0.5) is 5.82 Å². The number of aromatic nitrogens is 1. The van der Waals surface area contributed by atoms with Crippen LogP contribution in [0.2, 0.25) is 0 Å². The highest BCUT2D eigenvalue weighted by molar-refractivity contribution is 7.80. The Balaban J connectivity index is 2.27. The zero-order valence-corrected chi connectivity index (χ0v) is 7.65. The molecule has 2 N–H and O–H groups in total. The Bertz CT molecular complexity index is 235. The molecule has 1 rings (SSSR count). The maximum atomic E-state index is 4.96. The van der Waals surface area contributed by atoms with Gasteiger partial charge in [-0.25, -0.2) is 0 Å². The number of nitrogens with one attached hydrogen (secondary N) is 2. The molecule has 4 nitrogen and oxygen atoms in total. The van der Waals surface area contributed by atoms with Crippen molar-refractivity contribution in [2.75, 3.05) is 11.9 Å². The largest absolute Gasteiger partial charge is 0.363 e. The van der Waals surface area contributed by atoms with Crippen LogP contribution in [0.15, 0.2) is 16.9 Å². The van der Waals surface area contributed by atoms with E-state index in [0.717, 1.165) is 13.0 Å². The second-order valence-corrected chi connectivity index (χ2v) is 2.67. The lowest BCUT2D eigenvalue weighted by Gasteiger charge is -2.05. The zero-order valence-electron chi connectivity index (χ0n) is 6.83. The summed E-state index contributed by atoms with van der Waals surface area (Å²) in [5, 5.41) is 10.1. The standard InChI is InChI=1S/C7H11N3OS/c1-2-4-8-7(12)9-6-3-5-11-10-6/h3,5H,2,4H2,1H3,(H2,8,9,10,12). The Morgan fingerprint density at radius 2 is 2.58 bits per heavy atom. The summed E-state index contributed by atoms with van der Waals surface area (Å²) >= 11 is 4.96. The van der Waals surface area contributed by atoms with Gasteiger partial charge in [-0.2, -0.15) is 0 Å². The Kier molecular flexibility index (Phi) is 3.53. The molecule has 0 atom stereocenters. The van der Waals surface area contributed by atoms with Crippen molar-refractivity contribution in [3.63, 3.8) is 0 Å². The molecule has 0 radical (unpaired) electrons. The van der Waals surface area contributed by atoms with Crippen molar-refractivity contribution in [3.05, 3.63) is 12.3 Å². The molecule has 1 aromatic heterocycles. The smallest absolute Gasteiger partial charge is 0.175 e. The van der Waals surface area contributed by atoms with Crippen LogP contribution in [0.5, 0.6) is 0 Å². The first-order chi connectivity index (χ1) is 5.83. The molecule has 0 fully saturated rings. The molecular formula is C7H11N3OS. The molecule has 0 saturated carbocycles. The number of hydrogen-bond donors (Lipinski definition) is 2. The monoisotopic (exact) mass is 185 g/mol. The van der Waals surface area contributed by atoms with Crippen LogP contribution in [0, 0.1) is 0 Å². The summed E-state index contributed by atoms with van der Waals surface area (Å²) in [4.78, 5) is 0. The van der Waals surface area contributed by atoms with E-state index in [-0.39, 0.29) is 0 Å². The lowest BCUT2D eigenvalue weighted by molar-refractivity contribution is 0.423. The molecule has 0 unspecified atom stereocenters. The Morgan fingerprint density at radius 3 is 3.17 bits per heavy atom. The fraction of sp³-hybridized carbons (Fsp3) is 0.429. The van der Waals surface area contributed by atoms with Gasteiger partial charge in [0, 0.05) is 12.6 Å². The van der Waals surface area contributed by atoms with Gasteiger partial charge in [0.1, 0.15) is 6.26 Å². The molecule has 1 aromatic rings. The van der Waals surface area contributed by atoms with E-state index in [2.05, 4.69) is 27.2 Å². The molecule has 0 bridgehead atoms. The SMILES string of the molecule is CCCNC(=S)Nc1ccon1. The van der Waals surface area contributed by atoms with Crippen molar-refractivity contribution >= 4 is 23.1 Å². The second kappa shape index (κ2) is 4.71. The van der Waals surface area contributed by atoms with Crippen LogP contribution in [0.3, 0.4) is 0 Å². The maximum Gasteiger partial charge on any atom is 0.175 e. The summed E-state index contributed by atoms with van der Waals surface area (Å²) in [6.07, 6.45) is 2.53. The molecule has 66 valence electrons. The molecule has 0 saturated heterocycles. The lowest BCUT2D eigenvalue weighted by Crippen LogP contribution is -2.28. The van der Waals surface area contributed by atoms with Gasteiger partial charge in [-0.3, -0.25) is 0 Å². The molecule has 0 amide bonds. The van der Waals surface area contributed by atoms with Crippen LogP contribution in [0.25, 0.3) is 0 Å². The van der Waals surface area contributed by atoms with E-state index in [1.54, 1.807) is 6.07 Å². The summed E-state index contributed by atoms with van der Waals surface area (Å²) < 4.78 is 4.62. The first-order valence-electron chi connectivity index (χ1n) is 3.78. The van der Waals surface area contributed by atoms with Crippen molar-refractivity contribution in [1.82, 2.24) is 10.5 Å². The van der Waals surface area contributed by atoms with E-state index in [1.807, 2.05) is 0 Å². The number of rotatable bonds is 3. The highest BCUT2D eigenvalue weighted by atomic mass is 32.1. The van der Waals surface area contributed by atoms with Gasteiger partial charge < -0.3 is 15.2 Å². The third-order valence-electron chi connectivity index (χ3n) is 1.21. The van der Waals surface area contributed by atoms with Crippen molar-refractivity contribution in [1.29, 1.82) is 0 Å². The van der Waals surface area contributed by atoms with Crippen LogP contribution >= 0.6 is 12.2 Å². The van der Waals surface area contributed by atoms with Gasteiger partial charge in [0.25, 0.3) is 0 Å². The van der Waals surface area contributed by atoms with E-state index in [0.29, 0.717) is 10.9 Å². The number of thiocarbonyl (C=S) groups is 1. The summed E-state index contributed by atoms with van der Waals surface area (Å²) in [6, 6.07) is 1.71. The molecular weight excluding hydrogens is 174 g/mol. The van der Waals surface area contributed by atoms with Gasteiger partial charge in [0.2, 0.25) is 0 Å². The van der Waals surface area contributed by atoms with E-state index < -0.39 is 0 Å². The highest BCUT2D eigenvalue weighted by Gasteiger charge is 1.97. The van der Waals surface area contributed by atoms with Crippen LogP contribution < -0.4 is 10.6 Å². The number of nitrogens with zero attached hydrogens (tertiary/aromatic N) is 1. The van der Waals surface area contributed by atoms with E-state index >= 15 is 0 Å². The second-order valence-electron chi connectivity index (χ2n) is 2.27. The summed E-state index contributed by atoms with van der Waals surface area (Å²) in [7, 11) is 0. The minimum atomic E-state index is 0.575. The molecule has 0 aliphatic heterocycles. The third kappa shape index (κ3) is 2.87. The molecule has 0 aromatic carbocycles. The van der Waals surface area contributed by atoms with Gasteiger partial charge in [-0.1, -0.05) is 12.1 Å². The Morgan fingerprint density at radius 1 is 1.75 bits per heavy atom. The predicted octanol–water partition coefficient (Wildman–Crippen LogP) is 1.37. The van der Waals surface area contributed by atoms with Gasteiger partial charge in [0.05, 0.1) is 0 Å². The molecule has 5 heteroatoms. The average molecular weight is 185 g/mol. The van der Waals surface area contributed by atoms with Crippen LogP contribution in [-0.2, 0) is 0 Å². The van der Waals surface area contributed by atoms with Crippen molar-refractivity contribution in [2.24, 2.45) is 0 Å². The lowest BCUT2D eigenvalue weighted by atomic mass is 10.5. The number of hydrogen-bond acceptors (Lipinski definition) is 3. The molecule has 0 aliphatic carbocycles. The first kappa shape index (κ1) is 8.99. The quantitative estimate of drug-likeness (QED) is 0.696. The molecule has 12 heavy (non-hydrogen) atoms. The topological polar surface area (TPSA) is 50.1 Å². The normalized spacial score (nSPS) is 9.42. The fourth-order valence-electron chi connectivity index (χ4n) is 0.676. The zero-order chi connectivity index (χ0) is 8.81. The van der Waals surface area contributed by atoms with Gasteiger partial charge in [0.15, 0.2) is 10.9 Å². The molecule has 1 heterocycles. The minimum Gasteiger partial charge on any atom is -0.363 e. The Hall–Kier alpha value is -1.10. The van der Waals surface area contributed by atoms with Gasteiger partial charge >= 0.3 is 0 Å². The Labute approximate surface area is 76.3 Å². The van der Waals surface area contributed by atoms with E-state index in [9.17, 15) is 0 Å². The van der Waals surface area contributed by atoms with Crippen molar-refractivity contribution in [3.8, 4) is 0 Å². The summed E-state index contributed by atoms with van der Waals surface area (Å²) in [5.41, 5.74) is 0. The minimum absolute atomic E-state index is 0.575. The van der Waals surface area contributed by atoms with E-state index in [1.165, 1.54) is 6.26 Å². The van der Waals surface area contributed by atoms with Gasteiger partial charge in [-0.15, -0.1) is 0 Å². The van der Waals surface area contributed by atoms with E-state index in [4.69, 9.17) is 12.2 Å². The predicted molar refractivity (Wildman–Crippen MR) is 51.0 cm³/mol. The van der Waals surface area contributed by atoms with Crippen LogP contribution in [-0.4, -0.2) is 16.8 Å². The maximum absolute atomic E-state index is 4.96. The molecule has 0 spiro atoms. The summed E-state index contributed by atoms with van der Waals surface area (Å²) in [5.74, 6) is 0.628. The fourth-order valence-corrected chi connectivity index (χ4v) is 0.883. The van der Waals surface area contributed by atoms with Crippen molar-refractivity contribution < 1.29 is 4.52 Å². The third-order valence-corrected chi connectivity index (χ3v) is 1.46. The number of anilines is 1. The van der Waals surface area contributed by atoms with Crippen molar-refractivity contribution in [2.45, 2.75) is 13.3 Å². The first-order valence-corrected chi connectivity index (χ1v) is 4.19. The van der Waals surface area contributed by atoms with Gasteiger partial charge in [-0.05, 0) is 18.6 Å². The summed E-state index contributed by atoms with van der Waals surface area (Å²) in [6.45, 7) is 2.94. The average Bonchev–Trinajstić information content (AvgIpc) is 2.53. The highest BCUT2D eigenvalue weighted by Crippen LogP contribution is 1.99. The molecule has 0 aliphatic rings.